The van der Waals surface area contributed by atoms with E-state index in [1.54, 1.807) is 0 Å². The van der Waals surface area contributed by atoms with E-state index in [2.05, 4.69) is 80.3 Å². The Hall–Kier alpha value is -1.96. The van der Waals surface area contributed by atoms with Crippen molar-refractivity contribution in [3.8, 4) is 5.75 Å². The van der Waals surface area contributed by atoms with Gasteiger partial charge in [-0.1, -0.05) is 50.2 Å². The van der Waals surface area contributed by atoms with Crippen molar-refractivity contribution in [3.05, 3.63) is 60.2 Å². The predicted octanol–water partition coefficient (Wildman–Crippen LogP) is 4.93. The van der Waals surface area contributed by atoms with Gasteiger partial charge in [-0.05, 0) is 43.5 Å². The van der Waals surface area contributed by atoms with E-state index in [0.717, 1.165) is 31.7 Å². The maximum atomic E-state index is 6.30. The van der Waals surface area contributed by atoms with Crippen LogP contribution in [0.25, 0.3) is 0 Å². The van der Waals surface area contributed by atoms with Crippen molar-refractivity contribution in [3.63, 3.8) is 0 Å². The summed E-state index contributed by atoms with van der Waals surface area (Å²) in [6.45, 7) is 8.46. The summed E-state index contributed by atoms with van der Waals surface area (Å²) in [6.07, 6.45) is 2.21. The molecular formula is C20H27NO. The zero-order chi connectivity index (χ0) is 15.8. The molecule has 118 valence electrons. The van der Waals surface area contributed by atoms with Crippen LogP contribution in [0.2, 0.25) is 0 Å². The quantitative estimate of drug-likeness (QED) is 0.685. The van der Waals surface area contributed by atoms with Crippen molar-refractivity contribution in [2.75, 3.05) is 18.0 Å². The van der Waals surface area contributed by atoms with E-state index in [-0.39, 0.29) is 6.10 Å². The number of anilines is 1. The minimum atomic E-state index is 0.202. The molecule has 0 aliphatic rings. The number of benzene rings is 2. The van der Waals surface area contributed by atoms with Crippen molar-refractivity contribution in [1.82, 2.24) is 0 Å². The van der Waals surface area contributed by atoms with Crippen LogP contribution >= 0.6 is 0 Å². The second-order valence-corrected chi connectivity index (χ2v) is 5.48. The molecule has 0 amide bonds. The number of hydrogen-bond donors (Lipinski definition) is 0. The summed E-state index contributed by atoms with van der Waals surface area (Å²) in [5.41, 5.74) is 2.54. The van der Waals surface area contributed by atoms with Gasteiger partial charge in [0.1, 0.15) is 11.9 Å². The lowest BCUT2D eigenvalue weighted by molar-refractivity contribution is 0.200. The number of ether oxygens (including phenoxy) is 1. The summed E-state index contributed by atoms with van der Waals surface area (Å²) < 4.78 is 6.30. The van der Waals surface area contributed by atoms with E-state index in [4.69, 9.17) is 4.74 Å². The van der Waals surface area contributed by atoms with Gasteiger partial charge in [0, 0.05) is 12.2 Å². The molecule has 0 saturated heterocycles. The van der Waals surface area contributed by atoms with Gasteiger partial charge in [-0.3, -0.25) is 0 Å². The van der Waals surface area contributed by atoms with Crippen LogP contribution in [0, 0.1) is 0 Å². The Labute approximate surface area is 134 Å². The molecule has 0 heterocycles. The Morgan fingerprint density at radius 3 is 2.23 bits per heavy atom. The zero-order valence-electron chi connectivity index (χ0n) is 14.0. The monoisotopic (exact) mass is 297 g/mol. The molecule has 2 rings (SSSR count). The van der Waals surface area contributed by atoms with Crippen LogP contribution < -0.4 is 9.64 Å². The van der Waals surface area contributed by atoms with Gasteiger partial charge in [0.15, 0.2) is 0 Å². The van der Waals surface area contributed by atoms with Crippen LogP contribution in [-0.4, -0.2) is 19.2 Å². The Morgan fingerprint density at radius 2 is 1.59 bits per heavy atom. The van der Waals surface area contributed by atoms with Crippen LogP contribution in [0.5, 0.6) is 5.75 Å². The van der Waals surface area contributed by atoms with Gasteiger partial charge in [0.2, 0.25) is 0 Å². The molecule has 0 aromatic heterocycles. The second kappa shape index (κ2) is 8.47. The Bertz CT molecular complexity index is 553. The SMILES string of the molecule is CCc1ccccc1OC(CC)CN(CC)c1ccccc1. The topological polar surface area (TPSA) is 12.5 Å². The molecule has 1 unspecified atom stereocenters. The molecular weight excluding hydrogens is 270 g/mol. The molecule has 2 heteroatoms. The van der Waals surface area contributed by atoms with Crippen molar-refractivity contribution in [2.24, 2.45) is 0 Å². The molecule has 2 nitrogen and oxygen atoms in total. The summed E-state index contributed by atoms with van der Waals surface area (Å²) in [5, 5.41) is 0. The first kappa shape index (κ1) is 16.4. The normalized spacial score (nSPS) is 12.0. The molecule has 0 radical (unpaired) electrons. The molecule has 2 aromatic carbocycles. The van der Waals surface area contributed by atoms with Gasteiger partial charge >= 0.3 is 0 Å². The third-order valence-electron chi connectivity index (χ3n) is 4.03. The van der Waals surface area contributed by atoms with Crippen LogP contribution in [0.1, 0.15) is 32.8 Å². The van der Waals surface area contributed by atoms with Crippen molar-refractivity contribution in [1.29, 1.82) is 0 Å². The lowest BCUT2D eigenvalue weighted by Crippen LogP contribution is -2.35. The van der Waals surface area contributed by atoms with E-state index < -0.39 is 0 Å². The fourth-order valence-electron chi connectivity index (χ4n) is 2.64. The highest BCUT2D eigenvalue weighted by molar-refractivity contribution is 5.46. The van der Waals surface area contributed by atoms with Crippen LogP contribution in [0.3, 0.4) is 0 Å². The Kier molecular flexibility index (Phi) is 6.32. The lowest BCUT2D eigenvalue weighted by atomic mass is 10.1. The van der Waals surface area contributed by atoms with E-state index in [0.29, 0.717) is 0 Å². The molecule has 0 aliphatic heterocycles. The number of hydrogen-bond acceptors (Lipinski definition) is 2. The molecule has 0 fully saturated rings. The van der Waals surface area contributed by atoms with Crippen LogP contribution in [0.4, 0.5) is 5.69 Å². The molecule has 0 N–H and O–H groups in total. The van der Waals surface area contributed by atoms with Gasteiger partial charge in [-0.25, -0.2) is 0 Å². The summed E-state index contributed by atoms with van der Waals surface area (Å²) in [6, 6.07) is 18.9. The van der Waals surface area contributed by atoms with E-state index in [1.807, 2.05) is 0 Å². The highest BCUT2D eigenvalue weighted by atomic mass is 16.5. The molecule has 1 atom stereocenters. The molecule has 0 bridgehead atoms. The van der Waals surface area contributed by atoms with Crippen LogP contribution in [-0.2, 0) is 6.42 Å². The zero-order valence-corrected chi connectivity index (χ0v) is 14.0. The lowest BCUT2D eigenvalue weighted by Gasteiger charge is -2.29. The fraction of sp³-hybridized carbons (Fsp3) is 0.400. The summed E-state index contributed by atoms with van der Waals surface area (Å²) in [4.78, 5) is 2.38. The van der Waals surface area contributed by atoms with Crippen molar-refractivity contribution in [2.45, 2.75) is 39.7 Å². The van der Waals surface area contributed by atoms with Gasteiger partial charge in [-0.2, -0.15) is 0 Å². The minimum Gasteiger partial charge on any atom is -0.488 e. The minimum absolute atomic E-state index is 0.202. The Morgan fingerprint density at radius 1 is 0.909 bits per heavy atom. The number of likely N-dealkylation sites (N-methyl/N-ethyl adjacent to an activating group) is 1. The number of para-hydroxylation sites is 2. The molecule has 0 saturated carbocycles. The van der Waals surface area contributed by atoms with Crippen LogP contribution in [0.15, 0.2) is 54.6 Å². The summed E-state index contributed by atoms with van der Waals surface area (Å²) in [7, 11) is 0. The summed E-state index contributed by atoms with van der Waals surface area (Å²) in [5.74, 6) is 1.03. The van der Waals surface area contributed by atoms with E-state index >= 15 is 0 Å². The average molecular weight is 297 g/mol. The first-order chi connectivity index (χ1) is 10.8. The number of nitrogens with zero attached hydrogens (tertiary/aromatic N) is 1. The van der Waals surface area contributed by atoms with E-state index in [1.165, 1.54) is 11.3 Å². The van der Waals surface area contributed by atoms with E-state index in [9.17, 15) is 0 Å². The third-order valence-corrected chi connectivity index (χ3v) is 4.03. The standard InChI is InChI=1S/C20H27NO/c1-4-17-12-10-11-15-20(17)22-19(5-2)16-21(6-3)18-13-8-7-9-14-18/h7-15,19H,4-6,16H2,1-3H3. The largest absolute Gasteiger partial charge is 0.488 e. The Balaban J connectivity index is 2.08. The predicted molar refractivity (Wildman–Crippen MR) is 94.9 cm³/mol. The molecule has 0 aliphatic carbocycles. The third kappa shape index (κ3) is 4.27. The maximum absolute atomic E-state index is 6.30. The first-order valence-corrected chi connectivity index (χ1v) is 8.33. The molecule has 2 aromatic rings. The van der Waals surface area contributed by atoms with Gasteiger partial charge in [0.25, 0.3) is 0 Å². The second-order valence-electron chi connectivity index (χ2n) is 5.48. The fourth-order valence-corrected chi connectivity index (χ4v) is 2.64. The van der Waals surface area contributed by atoms with Crippen molar-refractivity contribution >= 4 is 5.69 Å². The first-order valence-electron chi connectivity index (χ1n) is 8.33. The molecule has 22 heavy (non-hydrogen) atoms. The molecule has 0 spiro atoms. The number of aryl methyl sites for hydroxylation is 1. The highest BCUT2D eigenvalue weighted by Gasteiger charge is 2.15. The summed E-state index contributed by atoms with van der Waals surface area (Å²) >= 11 is 0. The van der Waals surface area contributed by atoms with Gasteiger partial charge in [-0.15, -0.1) is 0 Å². The average Bonchev–Trinajstić information content (AvgIpc) is 2.59. The van der Waals surface area contributed by atoms with Gasteiger partial charge < -0.3 is 9.64 Å². The maximum Gasteiger partial charge on any atom is 0.122 e. The number of rotatable bonds is 8. The highest BCUT2D eigenvalue weighted by Crippen LogP contribution is 2.22. The smallest absolute Gasteiger partial charge is 0.122 e. The van der Waals surface area contributed by atoms with Crippen molar-refractivity contribution < 1.29 is 4.74 Å². The van der Waals surface area contributed by atoms with Gasteiger partial charge in [0.05, 0.1) is 6.54 Å².